The molecule has 0 radical (unpaired) electrons. The molecule has 0 fully saturated rings. The van der Waals surface area contributed by atoms with Gasteiger partial charge < -0.3 is 4.74 Å². The lowest BCUT2D eigenvalue weighted by atomic mass is 9.64. The highest BCUT2D eigenvalue weighted by Gasteiger charge is 2.42. The molecule has 14 heavy (non-hydrogen) atoms. The van der Waals surface area contributed by atoms with Crippen LogP contribution in [0.3, 0.4) is 0 Å². The Morgan fingerprint density at radius 2 is 1.64 bits per heavy atom. The quantitative estimate of drug-likeness (QED) is 0.654. The van der Waals surface area contributed by atoms with Crippen molar-refractivity contribution in [2.45, 2.75) is 48.0 Å². The van der Waals surface area contributed by atoms with E-state index in [1.807, 2.05) is 13.8 Å². The van der Waals surface area contributed by atoms with Crippen molar-refractivity contribution in [1.29, 1.82) is 0 Å². The van der Waals surface area contributed by atoms with Crippen molar-refractivity contribution in [3.63, 3.8) is 0 Å². The first-order valence-corrected chi connectivity index (χ1v) is 5.26. The third-order valence-corrected chi connectivity index (χ3v) is 3.04. The van der Waals surface area contributed by atoms with E-state index in [1.54, 1.807) is 0 Å². The molecule has 0 N–H and O–H groups in total. The molecule has 0 aliphatic rings. The van der Waals surface area contributed by atoms with Gasteiger partial charge in [0.15, 0.2) is 0 Å². The molecule has 0 heterocycles. The summed E-state index contributed by atoms with van der Waals surface area (Å²) < 4.78 is 4.85. The van der Waals surface area contributed by atoms with Crippen LogP contribution in [0.1, 0.15) is 48.0 Å². The smallest absolute Gasteiger partial charge is 0.311 e. The highest BCUT2D eigenvalue weighted by Crippen LogP contribution is 2.42. The summed E-state index contributed by atoms with van der Waals surface area (Å²) in [6, 6.07) is 0. The van der Waals surface area contributed by atoms with Gasteiger partial charge in [-0.15, -0.1) is 0 Å². The van der Waals surface area contributed by atoms with Crippen molar-refractivity contribution in [2.24, 2.45) is 16.7 Å². The van der Waals surface area contributed by atoms with Crippen molar-refractivity contribution in [3.8, 4) is 0 Å². The Morgan fingerprint density at radius 1 is 1.21 bits per heavy atom. The lowest BCUT2D eigenvalue weighted by Gasteiger charge is -2.40. The van der Waals surface area contributed by atoms with Gasteiger partial charge in [-0.3, -0.25) is 4.79 Å². The van der Waals surface area contributed by atoms with Crippen LogP contribution in [-0.4, -0.2) is 13.1 Å². The first-order valence-electron chi connectivity index (χ1n) is 5.26. The summed E-state index contributed by atoms with van der Waals surface area (Å²) in [6.07, 6.45) is 0.992. The molecule has 0 aromatic carbocycles. The van der Waals surface area contributed by atoms with Crippen LogP contribution in [-0.2, 0) is 9.53 Å². The number of esters is 1. The van der Waals surface area contributed by atoms with Gasteiger partial charge in [0.25, 0.3) is 0 Å². The topological polar surface area (TPSA) is 26.3 Å². The van der Waals surface area contributed by atoms with Crippen molar-refractivity contribution in [3.05, 3.63) is 0 Å². The van der Waals surface area contributed by atoms with Gasteiger partial charge in [-0.2, -0.15) is 0 Å². The SMILES string of the molecule is CCC(C(C)(C)C)C(C)(C)C(=O)OC. The molecule has 0 rings (SSSR count). The number of rotatable bonds is 3. The van der Waals surface area contributed by atoms with Gasteiger partial charge >= 0.3 is 5.97 Å². The number of hydrogen-bond donors (Lipinski definition) is 0. The summed E-state index contributed by atoms with van der Waals surface area (Å²) in [5.41, 5.74) is -0.270. The zero-order valence-corrected chi connectivity index (χ0v) is 10.6. The van der Waals surface area contributed by atoms with Gasteiger partial charge in [0.1, 0.15) is 0 Å². The van der Waals surface area contributed by atoms with E-state index in [0.29, 0.717) is 5.92 Å². The third kappa shape index (κ3) is 2.73. The van der Waals surface area contributed by atoms with Gasteiger partial charge in [-0.1, -0.05) is 34.1 Å². The molecular formula is C12H24O2. The average Bonchev–Trinajstić information content (AvgIpc) is 2.00. The number of ether oxygens (including phenoxy) is 1. The lowest BCUT2D eigenvalue weighted by Crippen LogP contribution is -2.40. The molecule has 0 aromatic heterocycles. The van der Waals surface area contributed by atoms with E-state index >= 15 is 0 Å². The van der Waals surface area contributed by atoms with Crippen LogP contribution in [0.15, 0.2) is 0 Å². The van der Waals surface area contributed by atoms with Crippen LogP contribution in [0.2, 0.25) is 0 Å². The molecule has 0 aliphatic carbocycles. The van der Waals surface area contributed by atoms with Crippen LogP contribution in [0, 0.1) is 16.7 Å². The number of hydrogen-bond acceptors (Lipinski definition) is 2. The molecule has 0 aliphatic heterocycles. The largest absolute Gasteiger partial charge is 0.469 e. The standard InChI is InChI=1S/C12H24O2/c1-8-9(11(2,3)4)12(5,6)10(13)14-7/h9H,8H2,1-7H3. The zero-order chi connectivity index (χ0) is 11.6. The fraction of sp³-hybridized carbons (Fsp3) is 0.917. The number of carbonyl (C=O) groups is 1. The van der Waals surface area contributed by atoms with E-state index in [-0.39, 0.29) is 11.4 Å². The minimum absolute atomic E-state index is 0.112. The highest BCUT2D eigenvalue weighted by atomic mass is 16.5. The molecule has 2 heteroatoms. The van der Waals surface area contributed by atoms with Crippen LogP contribution in [0.5, 0.6) is 0 Å². The summed E-state index contributed by atoms with van der Waals surface area (Å²) in [5, 5.41) is 0. The maximum Gasteiger partial charge on any atom is 0.311 e. The predicted molar refractivity (Wildman–Crippen MR) is 59.0 cm³/mol. The molecule has 1 atom stereocenters. The van der Waals surface area contributed by atoms with E-state index in [9.17, 15) is 4.79 Å². The van der Waals surface area contributed by atoms with Crippen LogP contribution >= 0.6 is 0 Å². The molecule has 0 amide bonds. The van der Waals surface area contributed by atoms with Gasteiger partial charge in [-0.05, 0) is 25.2 Å². The zero-order valence-electron chi connectivity index (χ0n) is 10.6. The van der Waals surface area contributed by atoms with Gasteiger partial charge in [0.2, 0.25) is 0 Å². The summed E-state index contributed by atoms with van der Waals surface area (Å²) >= 11 is 0. The van der Waals surface area contributed by atoms with Crippen LogP contribution in [0.4, 0.5) is 0 Å². The molecule has 1 unspecified atom stereocenters. The van der Waals surface area contributed by atoms with E-state index in [4.69, 9.17) is 4.74 Å². The minimum Gasteiger partial charge on any atom is -0.469 e. The molecule has 84 valence electrons. The van der Waals surface area contributed by atoms with E-state index in [2.05, 4.69) is 27.7 Å². The van der Waals surface area contributed by atoms with Crippen molar-refractivity contribution in [1.82, 2.24) is 0 Å². The number of methoxy groups -OCH3 is 1. The van der Waals surface area contributed by atoms with Gasteiger partial charge in [-0.25, -0.2) is 0 Å². The maximum atomic E-state index is 11.7. The second kappa shape index (κ2) is 4.33. The minimum atomic E-state index is -0.401. The molecular weight excluding hydrogens is 176 g/mol. The first-order chi connectivity index (χ1) is 6.17. The lowest BCUT2D eigenvalue weighted by molar-refractivity contribution is -0.157. The Morgan fingerprint density at radius 3 is 1.86 bits per heavy atom. The fourth-order valence-electron chi connectivity index (χ4n) is 2.61. The Labute approximate surface area is 88.0 Å². The fourth-order valence-corrected chi connectivity index (χ4v) is 2.61. The Hall–Kier alpha value is -0.530. The monoisotopic (exact) mass is 200 g/mol. The second-order valence-corrected chi connectivity index (χ2v) is 5.54. The normalized spacial score (nSPS) is 15.1. The third-order valence-electron chi connectivity index (χ3n) is 3.04. The average molecular weight is 200 g/mol. The van der Waals surface area contributed by atoms with Crippen molar-refractivity contribution in [2.75, 3.05) is 7.11 Å². The molecule has 0 aromatic rings. The molecule has 0 spiro atoms. The number of carbonyl (C=O) groups excluding carboxylic acids is 1. The maximum absolute atomic E-state index is 11.7. The highest BCUT2D eigenvalue weighted by molar-refractivity contribution is 5.76. The Kier molecular flexibility index (Phi) is 4.16. The first kappa shape index (κ1) is 13.5. The van der Waals surface area contributed by atoms with Crippen LogP contribution < -0.4 is 0 Å². The molecule has 0 saturated carbocycles. The Bertz CT molecular complexity index is 199. The predicted octanol–water partition coefficient (Wildman–Crippen LogP) is 3.26. The van der Waals surface area contributed by atoms with Crippen molar-refractivity contribution < 1.29 is 9.53 Å². The molecule has 0 bridgehead atoms. The summed E-state index contributed by atoms with van der Waals surface area (Å²) in [4.78, 5) is 11.7. The second-order valence-electron chi connectivity index (χ2n) is 5.54. The summed E-state index contributed by atoms with van der Waals surface area (Å²) in [6.45, 7) is 12.6. The molecule has 0 saturated heterocycles. The van der Waals surface area contributed by atoms with Gasteiger partial charge in [0.05, 0.1) is 12.5 Å². The summed E-state index contributed by atoms with van der Waals surface area (Å²) in [7, 11) is 1.46. The van der Waals surface area contributed by atoms with E-state index in [1.165, 1.54) is 7.11 Å². The summed E-state index contributed by atoms with van der Waals surface area (Å²) in [5.74, 6) is 0.224. The Balaban J connectivity index is 4.93. The van der Waals surface area contributed by atoms with E-state index < -0.39 is 5.41 Å². The molecule has 2 nitrogen and oxygen atoms in total. The van der Waals surface area contributed by atoms with Gasteiger partial charge in [0, 0.05) is 0 Å². The van der Waals surface area contributed by atoms with Crippen LogP contribution in [0.25, 0.3) is 0 Å². The van der Waals surface area contributed by atoms with Crippen molar-refractivity contribution >= 4 is 5.97 Å². The van der Waals surface area contributed by atoms with E-state index in [0.717, 1.165) is 6.42 Å².